The van der Waals surface area contributed by atoms with Crippen molar-refractivity contribution in [1.82, 2.24) is 30.4 Å². The van der Waals surface area contributed by atoms with Crippen LogP contribution >= 0.6 is 35.1 Å². The number of phenols is 1. The number of halogens is 1. The first kappa shape index (κ1) is 27.9. The van der Waals surface area contributed by atoms with Crippen molar-refractivity contribution in [1.29, 1.82) is 0 Å². The van der Waals surface area contributed by atoms with Gasteiger partial charge in [0.1, 0.15) is 22.9 Å². The number of methoxy groups -OCH3 is 1. The molecule has 5 rings (SSSR count). The zero-order valence-corrected chi connectivity index (χ0v) is 23.1. The third kappa shape index (κ3) is 4.90. The summed E-state index contributed by atoms with van der Waals surface area (Å²) in [6.45, 7) is 0. The van der Waals surface area contributed by atoms with E-state index in [-0.39, 0.29) is 23.0 Å². The van der Waals surface area contributed by atoms with Gasteiger partial charge in [-0.25, -0.2) is 4.79 Å². The quantitative estimate of drug-likeness (QED) is 0.157. The molecule has 2 amide bonds. The van der Waals surface area contributed by atoms with E-state index in [9.17, 15) is 24.6 Å². The number of carboxylic acids is 1. The number of benzene rings is 2. The number of rotatable bonds is 9. The lowest BCUT2D eigenvalue weighted by molar-refractivity contribution is -0.192. The molecule has 0 aliphatic carbocycles. The van der Waals surface area contributed by atoms with Gasteiger partial charge in [0.15, 0.2) is 0 Å². The highest BCUT2D eigenvalue weighted by molar-refractivity contribution is 8.01. The van der Waals surface area contributed by atoms with Crippen LogP contribution in [0.4, 0.5) is 0 Å². The molecule has 40 heavy (non-hydrogen) atoms. The third-order valence-electron chi connectivity index (χ3n) is 6.37. The van der Waals surface area contributed by atoms with E-state index < -0.39 is 34.9 Å². The van der Waals surface area contributed by atoms with Gasteiger partial charge >= 0.3 is 5.97 Å². The number of nitrogens with zero attached hydrogens (tertiary/aromatic N) is 5. The zero-order valence-electron chi connectivity index (χ0n) is 20.7. The van der Waals surface area contributed by atoms with Crippen LogP contribution in [0, 0.1) is 0 Å². The van der Waals surface area contributed by atoms with Gasteiger partial charge in [-0.15, -0.1) is 16.9 Å². The first-order chi connectivity index (χ1) is 19.2. The molecule has 3 aromatic rings. The van der Waals surface area contributed by atoms with Crippen molar-refractivity contribution in [2.45, 2.75) is 22.3 Å². The Hall–Kier alpha value is -3.63. The second kappa shape index (κ2) is 11.1. The van der Waals surface area contributed by atoms with Gasteiger partial charge in [0.25, 0.3) is 11.6 Å². The highest BCUT2D eigenvalue weighted by atomic mass is 35.5. The highest BCUT2D eigenvalue weighted by Crippen LogP contribution is 2.47. The van der Waals surface area contributed by atoms with Crippen molar-refractivity contribution < 1.29 is 29.3 Å². The van der Waals surface area contributed by atoms with Gasteiger partial charge in [0.05, 0.1) is 5.69 Å². The molecule has 2 aromatic carbocycles. The number of β-lactam (4-membered cyclic amide) rings is 1. The lowest BCUT2D eigenvalue weighted by atomic mass is 9.97. The molecule has 3 atom stereocenters. The fourth-order valence-corrected chi connectivity index (χ4v) is 6.91. The van der Waals surface area contributed by atoms with E-state index >= 15 is 0 Å². The molecule has 16 heteroatoms. The molecule has 3 heterocycles. The van der Waals surface area contributed by atoms with Crippen molar-refractivity contribution in [3.8, 4) is 11.4 Å². The van der Waals surface area contributed by atoms with Crippen LogP contribution in [0.5, 0.6) is 5.75 Å². The molecule has 13 nitrogen and oxygen atoms in total. The number of hydrogen-bond donors (Lipinski definition) is 4. The summed E-state index contributed by atoms with van der Waals surface area (Å²) in [6, 6.07) is 11.5. The van der Waals surface area contributed by atoms with Gasteiger partial charge in [-0.1, -0.05) is 35.5 Å². The number of nitrogens with two attached hydrogens (primary N) is 1. The van der Waals surface area contributed by atoms with Crippen molar-refractivity contribution in [2.75, 3.05) is 18.6 Å². The number of carbonyl (C=O) groups is 3. The molecule has 208 valence electrons. The number of aromatic nitrogens is 4. The summed E-state index contributed by atoms with van der Waals surface area (Å²) in [5.41, 5.74) is 5.66. The minimum atomic E-state index is -1.80. The maximum absolute atomic E-state index is 13.4. The topological polar surface area (TPSA) is 186 Å². The van der Waals surface area contributed by atoms with Crippen LogP contribution < -0.4 is 11.1 Å². The standard InChI is InChI=1S/C24H22ClN7O6S2/c1-38-24(27-19(34)17(26)12-2-8-16(33)9-3-12)21(37)31-18(20(35)36)13(10-39-22(24)31)11-40-23-28-29-30-32(23)15-6-4-14(25)5-7-15/h2-9,17,22,33H,10-11,26H2,1H3,(H,27,34)(H,35,36)/t17?,22-,24?/m1/s1. The molecule has 2 aliphatic heterocycles. The van der Waals surface area contributed by atoms with Gasteiger partial charge in [-0.3, -0.25) is 14.5 Å². The Kier molecular flexibility index (Phi) is 7.74. The van der Waals surface area contributed by atoms with Crippen molar-refractivity contribution in [3.63, 3.8) is 0 Å². The van der Waals surface area contributed by atoms with Crippen LogP contribution in [0.2, 0.25) is 5.02 Å². The van der Waals surface area contributed by atoms with Crippen LogP contribution in [0.15, 0.2) is 65.0 Å². The smallest absolute Gasteiger partial charge is 0.352 e. The predicted octanol–water partition coefficient (Wildman–Crippen LogP) is 1.53. The number of nitrogens with one attached hydrogen (secondary N) is 1. The van der Waals surface area contributed by atoms with E-state index in [4.69, 9.17) is 22.1 Å². The molecule has 1 saturated heterocycles. The van der Waals surface area contributed by atoms with Crippen molar-refractivity contribution in [2.24, 2.45) is 5.73 Å². The van der Waals surface area contributed by atoms with Gasteiger partial charge < -0.3 is 26.0 Å². The maximum Gasteiger partial charge on any atom is 0.352 e. The molecule has 2 aliphatic rings. The number of aromatic hydroxyl groups is 1. The summed E-state index contributed by atoms with van der Waals surface area (Å²) in [5.74, 6) is -2.27. The molecular weight excluding hydrogens is 582 g/mol. The van der Waals surface area contributed by atoms with Crippen molar-refractivity contribution >= 4 is 52.9 Å². The SMILES string of the molecule is COC1(NC(=O)C(N)c2ccc(O)cc2)C(=O)N2C(C(=O)O)=C(CSc3nnnn3-c3ccc(Cl)cc3)CS[C@@H]21. The number of tetrazole rings is 1. The lowest BCUT2D eigenvalue weighted by Crippen LogP contribution is -2.81. The number of aliphatic carboxylic acids is 1. The Bertz CT molecular complexity index is 1500. The summed E-state index contributed by atoms with van der Waals surface area (Å²) < 4.78 is 6.99. The third-order valence-corrected chi connectivity index (χ3v) is 9.00. The van der Waals surface area contributed by atoms with E-state index in [1.165, 1.54) is 59.6 Å². The van der Waals surface area contributed by atoms with E-state index in [1.54, 1.807) is 24.3 Å². The fraction of sp³-hybridized carbons (Fsp3) is 0.250. The number of amides is 2. The number of thioether (sulfide) groups is 2. The minimum Gasteiger partial charge on any atom is -0.508 e. The first-order valence-electron chi connectivity index (χ1n) is 11.7. The predicted molar refractivity (Wildman–Crippen MR) is 146 cm³/mol. The molecule has 5 N–H and O–H groups in total. The molecule has 2 unspecified atom stereocenters. The molecule has 0 bridgehead atoms. The first-order valence-corrected chi connectivity index (χ1v) is 14.1. The normalized spacial score (nSPS) is 21.0. The Balaban J connectivity index is 1.34. The second-order valence-corrected chi connectivity index (χ2v) is 11.2. The summed E-state index contributed by atoms with van der Waals surface area (Å²) >= 11 is 8.43. The monoisotopic (exact) mass is 603 g/mol. The average Bonchev–Trinajstić information content (AvgIpc) is 3.42. The molecule has 0 saturated carbocycles. The molecule has 0 spiro atoms. The Labute approximate surface area is 240 Å². The van der Waals surface area contributed by atoms with Crippen LogP contribution in [-0.4, -0.2) is 82.8 Å². The maximum atomic E-state index is 13.4. The highest BCUT2D eigenvalue weighted by Gasteiger charge is 2.66. The number of carboxylic acid groups (broad SMARTS) is 1. The Morgan fingerprint density at radius 2 is 1.98 bits per heavy atom. The van der Waals surface area contributed by atoms with E-state index in [2.05, 4.69) is 20.8 Å². The minimum absolute atomic E-state index is 0.0107. The lowest BCUT2D eigenvalue weighted by Gasteiger charge is -2.56. The zero-order chi connectivity index (χ0) is 28.6. The number of phenolic OH excluding ortho intramolecular Hbond substituents is 1. The number of hydrogen-bond acceptors (Lipinski definition) is 11. The van der Waals surface area contributed by atoms with E-state index in [0.29, 0.717) is 27.0 Å². The summed E-state index contributed by atoms with van der Waals surface area (Å²) in [4.78, 5) is 39.8. The largest absolute Gasteiger partial charge is 0.508 e. The molecule has 1 fully saturated rings. The van der Waals surface area contributed by atoms with E-state index in [1.807, 2.05) is 0 Å². The van der Waals surface area contributed by atoms with Gasteiger partial charge in [-0.05, 0) is 58.0 Å². The average molecular weight is 604 g/mol. The molecule has 1 aromatic heterocycles. The van der Waals surface area contributed by atoms with E-state index in [0.717, 1.165) is 4.90 Å². The Morgan fingerprint density at radius 1 is 1.27 bits per heavy atom. The summed E-state index contributed by atoms with van der Waals surface area (Å²) in [6.07, 6.45) is 0. The summed E-state index contributed by atoms with van der Waals surface area (Å²) in [5, 5.41) is 34.0. The van der Waals surface area contributed by atoms with Crippen molar-refractivity contribution in [3.05, 3.63) is 70.4 Å². The molecular formula is C24H22ClN7O6S2. The van der Waals surface area contributed by atoms with Gasteiger partial charge in [0.2, 0.25) is 11.1 Å². The number of ether oxygens (including phenoxy) is 1. The molecule has 0 radical (unpaired) electrons. The second-order valence-electron chi connectivity index (χ2n) is 8.73. The number of carbonyl (C=O) groups excluding carboxylic acids is 2. The Morgan fingerprint density at radius 3 is 2.62 bits per heavy atom. The van der Waals surface area contributed by atoms with Crippen LogP contribution in [0.25, 0.3) is 5.69 Å². The van der Waals surface area contributed by atoms with Gasteiger partial charge in [0, 0.05) is 23.6 Å². The number of fused-ring (bicyclic) bond motifs is 1. The fourth-order valence-electron chi connectivity index (χ4n) is 4.31. The van der Waals surface area contributed by atoms with Crippen LogP contribution in [-0.2, 0) is 19.1 Å². The van der Waals surface area contributed by atoms with Crippen LogP contribution in [0.1, 0.15) is 11.6 Å². The summed E-state index contributed by atoms with van der Waals surface area (Å²) in [7, 11) is 1.26. The van der Waals surface area contributed by atoms with Gasteiger partial charge in [-0.2, -0.15) is 4.68 Å². The van der Waals surface area contributed by atoms with Crippen LogP contribution in [0.3, 0.4) is 0 Å².